The summed E-state index contributed by atoms with van der Waals surface area (Å²) >= 11 is 0. The molecule has 0 aliphatic carbocycles. The van der Waals surface area contributed by atoms with Gasteiger partial charge < -0.3 is 14.7 Å². The Morgan fingerprint density at radius 2 is 2.05 bits per heavy atom. The largest absolute Gasteiger partial charge is 0.480 e. The Labute approximate surface area is 117 Å². The summed E-state index contributed by atoms with van der Waals surface area (Å²) in [5.41, 5.74) is 2.05. The van der Waals surface area contributed by atoms with Gasteiger partial charge >= 0.3 is 5.97 Å². The van der Waals surface area contributed by atoms with Gasteiger partial charge in [0, 0.05) is 12.6 Å². The molecule has 1 saturated heterocycles. The maximum Gasteiger partial charge on any atom is 0.328 e. The number of morpholine rings is 1. The van der Waals surface area contributed by atoms with Gasteiger partial charge in [0.05, 0.1) is 13.2 Å². The van der Waals surface area contributed by atoms with E-state index in [0.29, 0.717) is 13.2 Å². The molecule has 0 spiro atoms. The smallest absolute Gasteiger partial charge is 0.328 e. The molecule has 1 aromatic rings. The molecule has 0 radical (unpaired) electrons. The van der Waals surface area contributed by atoms with Crippen molar-refractivity contribution < 1.29 is 19.4 Å². The SMILES string of the molecule is Cc1ccc(C=CC(=O)N2CCOCC2C(=O)O)cc1. The van der Waals surface area contributed by atoms with Gasteiger partial charge in [-0.15, -0.1) is 0 Å². The fraction of sp³-hybridized carbons (Fsp3) is 0.333. The second-order valence-corrected chi connectivity index (χ2v) is 4.70. The van der Waals surface area contributed by atoms with Crippen molar-refractivity contribution in [2.24, 2.45) is 0 Å². The van der Waals surface area contributed by atoms with Crippen molar-refractivity contribution in [3.05, 3.63) is 41.5 Å². The molecule has 0 aromatic heterocycles. The molecule has 0 saturated carbocycles. The Balaban J connectivity index is 2.06. The molecule has 5 nitrogen and oxygen atoms in total. The summed E-state index contributed by atoms with van der Waals surface area (Å²) in [4.78, 5) is 24.5. The third-order valence-electron chi connectivity index (χ3n) is 3.19. The predicted octanol–water partition coefficient (Wildman–Crippen LogP) is 1.32. The summed E-state index contributed by atoms with van der Waals surface area (Å²) in [6, 6.07) is 6.83. The van der Waals surface area contributed by atoms with Gasteiger partial charge in [0.1, 0.15) is 0 Å². The van der Waals surface area contributed by atoms with Crippen LogP contribution in [0.3, 0.4) is 0 Å². The van der Waals surface area contributed by atoms with Crippen molar-refractivity contribution >= 4 is 18.0 Å². The first kappa shape index (κ1) is 14.3. The van der Waals surface area contributed by atoms with Crippen molar-refractivity contribution in [3.63, 3.8) is 0 Å². The Hall–Kier alpha value is -2.14. The van der Waals surface area contributed by atoms with Crippen LogP contribution in [0.25, 0.3) is 6.08 Å². The zero-order chi connectivity index (χ0) is 14.5. The number of carboxylic acids is 1. The second-order valence-electron chi connectivity index (χ2n) is 4.70. The summed E-state index contributed by atoms with van der Waals surface area (Å²) in [5.74, 6) is -1.34. The first-order chi connectivity index (χ1) is 9.58. The van der Waals surface area contributed by atoms with Crippen LogP contribution >= 0.6 is 0 Å². The molecule has 1 aromatic carbocycles. The quantitative estimate of drug-likeness (QED) is 0.845. The highest BCUT2D eigenvalue weighted by atomic mass is 16.5. The molecule has 1 atom stereocenters. The van der Waals surface area contributed by atoms with Crippen LogP contribution in [0.1, 0.15) is 11.1 Å². The summed E-state index contributed by atoms with van der Waals surface area (Å²) in [5, 5.41) is 9.08. The maximum absolute atomic E-state index is 12.1. The molecule has 1 heterocycles. The molecule has 1 unspecified atom stereocenters. The fourth-order valence-electron chi connectivity index (χ4n) is 2.01. The molecular weight excluding hydrogens is 258 g/mol. The van der Waals surface area contributed by atoms with Crippen LogP contribution < -0.4 is 0 Å². The molecule has 1 aliphatic heterocycles. The monoisotopic (exact) mass is 275 g/mol. The second kappa shape index (κ2) is 6.34. The number of carbonyl (C=O) groups is 2. The number of aliphatic carboxylic acids is 1. The lowest BCUT2D eigenvalue weighted by atomic mass is 10.1. The Morgan fingerprint density at radius 1 is 1.35 bits per heavy atom. The van der Waals surface area contributed by atoms with E-state index in [1.165, 1.54) is 11.0 Å². The van der Waals surface area contributed by atoms with Crippen molar-refractivity contribution in [2.45, 2.75) is 13.0 Å². The van der Waals surface area contributed by atoms with Crippen molar-refractivity contribution in [3.8, 4) is 0 Å². The van der Waals surface area contributed by atoms with Crippen LogP contribution in [0.4, 0.5) is 0 Å². The van der Waals surface area contributed by atoms with E-state index in [1.807, 2.05) is 31.2 Å². The van der Waals surface area contributed by atoms with Crippen LogP contribution in [0.2, 0.25) is 0 Å². The lowest BCUT2D eigenvalue weighted by Gasteiger charge is -2.31. The van der Waals surface area contributed by atoms with E-state index in [0.717, 1.165) is 11.1 Å². The molecule has 5 heteroatoms. The van der Waals surface area contributed by atoms with E-state index in [4.69, 9.17) is 9.84 Å². The number of amides is 1. The standard InChI is InChI=1S/C15H17NO4/c1-11-2-4-12(5-3-11)6-7-14(17)16-8-9-20-10-13(16)15(18)19/h2-7,13H,8-10H2,1H3,(H,18,19). The van der Waals surface area contributed by atoms with E-state index in [9.17, 15) is 9.59 Å². The number of nitrogens with zero attached hydrogens (tertiary/aromatic N) is 1. The van der Waals surface area contributed by atoms with Crippen molar-refractivity contribution in [1.29, 1.82) is 0 Å². The number of ether oxygens (including phenoxy) is 1. The average molecular weight is 275 g/mol. The van der Waals surface area contributed by atoms with Crippen LogP contribution in [-0.2, 0) is 14.3 Å². The van der Waals surface area contributed by atoms with Gasteiger partial charge in [0.2, 0.25) is 5.91 Å². The molecular formula is C15H17NO4. The Kier molecular flexibility index (Phi) is 4.53. The lowest BCUT2D eigenvalue weighted by Crippen LogP contribution is -2.52. The summed E-state index contributed by atoms with van der Waals surface area (Å²) in [6.45, 7) is 2.70. The van der Waals surface area contributed by atoms with Crippen molar-refractivity contribution in [2.75, 3.05) is 19.8 Å². The number of carboxylic acid groups (broad SMARTS) is 1. The average Bonchev–Trinajstić information content (AvgIpc) is 2.46. The van der Waals surface area contributed by atoms with E-state index < -0.39 is 12.0 Å². The minimum atomic E-state index is -1.04. The van der Waals surface area contributed by atoms with Crippen LogP contribution in [0, 0.1) is 6.92 Å². The molecule has 0 bridgehead atoms. The minimum absolute atomic E-state index is 0.0411. The zero-order valence-electron chi connectivity index (χ0n) is 11.3. The van der Waals surface area contributed by atoms with E-state index in [-0.39, 0.29) is 12.5 Å². The lowest BCUT2D eigenvalue weighted by molar-refractivity contribution is -0.156. The first-order valence-corrected chi connectivity index (χ1v) is 6.44. The van der Waals surface area contributed by atoms with Gasteiger partial charge in [-0.3, -0.25) is 4.79 Å². The molecule has 2 rings (SSSR count). The van der Waals surface area contributed by atoms with Crippen LogP contribution in [0.5, 0.6) is 0 Å². The molecule has 1 fully saturated rings. The number of hydrogen-bond acceptors (Lipinski definition) is 3. The third-order valence-corrected chi connectivity index (χ3v) is 3.19. The number of benzene rings is 1. The molecule has 106 valence electrons. The first-order valence-electron chi connectivity index (χ1n) is 6.44. The minimum Gasteiger partial charge on any atom is -0.480 e. The molecule has 1 aliphatic rings. The van der Waals surface area contributed by atoms with Gasteiger partial charge in [0.25, 0.3) is 0 Å². The number of hydrogen-bond donors (Lipinski definition) is 1. The van der Waals surface area contributed by atoms with Gasteiger partial charge in [-0.05, 0) is 18.6 Å². The van der Waals surface area contributed by atoms with E-state index in [1.54, 1.807) is 6.08 Å². The molecule has 20 heavy (non-hydrogen) atoms. The Bertz CT molecular complexity index is 521. The maximum atomic E-state index is 12.1. The van der Waals surface area contributed by atoms with Crippen LogP contribution in [-0.4, -0.2) is 47.7 Å². The summed E-state index contributed by atoms with van der Waals surface area (Å²) in [6.07, 6.45) is 3.10. The zero-order valence-corrected chi connectivity index (χ0v) is 11.3. The summed E-state index contributed by atoms with van der Waals surface area (Å²) < 4.78 is 5.10. The van der Waals surface area contributed by atoms with Gasteiger partial charge in [-0.1, -0.05) is 29.8 Å². The van der Waals surface area contributed by atoms with Gasteiger partial charge in [-0.25, -0.2) is 4.79 Å². The highest BCUT2D eigenvalue weighted by molar-refractivity contribution is 5.94. The highest BCUT2D eigenvalue weighted by Crippen LogP contribution is 2.10. The third kappa shape index (κ3) is 3.45. The molecule has 1 amide bonds. The fourth-order valence-corrected chi connectivity index (χ4v) is 2.01. The normalized spacial score (nSPS) is 19.2. The van der Waals surface area contributed by atoms with Gasteiger partial charge in [-0.2, -0.15) is 0 Å². The number of rotatable bonds is 3. The summed E-state index contributed by atoms with van der Waals surface area (Å²) in [7, 11) is 0. The Morgan fingerprint density at radius 3 is 2.70 bits per heavy atom. The van der Waals surface area contributed by atoms with Gasteiger partial charge in [0.15, 0.2) is 6.04 Å². The number of carbonyl (C=O) groups excluding carboxylic acids is 1. The predicted molar refractivity (Wildman–Crippen MR) is 74.2 cm³/mol. The van der Waals surface area contributed by atoms with E-state index in [2.05, 4.69) is 0 Å². The van der Waals surface area contributed by atoms with Crippen molar-refractivity contribution in [1.82, 2.24) is 4.90 Å². The topological polar surface area (TPSA) is 66.8 Å². The van der Waals surface area contributed by atoms with Crippen LogP contribution in [0.15, 0.2) is 30.3 Å². The van der Waals surface area contributed by atoms with E-state index >= 15 is 0 Å². The number of aryl methyl sites for hydroxylation is 1. The molecule has 1 N–H and O–H groups in total. The highest BCUT2D eigenvalue weighted by Gasteiger charge is 2.31.